The van der Waals surface area contributed by atoms with E-state index < -0.39 is 0 Å². The van der Waals surface area contributed by atoms with Gasteiger partial charge in [-0.15, -0.1) is 0 Å². The molecule has 0 aliphatic heterocycles. The summed E-state index contributed by atoms with van der Waals surface area (Å²) in [7, 11) is 0. The number of rotatable bonds is 6. The third-order valence-corrected chi connectivity index (χ3v) is 10.6. The van der Waals surface area contributed by atoms with Crippen molar-refractivity contribution in [1.82, 2.24) is 0 Å². The Bertz CT molecular complexity index is 2460. The summed E-state index contributed by atoms with van der Waals surface area (Å²) in [4.78, 5) is 0. The number of hydrogen-bond acceptors (Lipinski definition) is 0. The second-order valence-electron chi connectivity index (χ2n) is 13.6. The van der Waals surface area contributed by atoms with Crippen molar-refractivity contribution in [2.75, 3.05) is 0 Å². The molecule has 10 rings (SSSR count). The van der Waals surface area contributed by atoms with Crippen LogP contribution in [-0.4, -0.2) is 0 Å². The minimum atomic E-state index is 1.22. The molecule has 0 fully saturated rings. The van der Waals surface area contributed by atoms with Crippen LogP contribution in [0.15, 0.2) is 206 Å². The number of allylic oxidation sites excluding steroid dienone is 2. The summed E-state index contributed by atoms with van der Waals surface area (Å²) in [5, 5.41) is 0. The summed E-state index contributed by atoms with van der Waals surface area (Å²) in [5.41, 5.74) is 22.6. The van der Waals surface area contributed by atoms with Crippen LogP contribution in [-0.2, 0) is 0 Å². The van der Waals surface area contributed by atoms with Crippen molar-refractivity contribution in [3.05, 3.63) is 240 Å². The fourth-order valence-corrected chi connectivity index (χ4v) is 8.32. The highest BCUT2D eigenvalue weighted by atomic mass is 14.4. The third kappa shape index (κ3) is 4.92. The highest BCUT2D eigenvalue weighted by Gasteiger charge is 2.39. The lowest BCUT2D eigenvalue weighted by molar-refractivity contribution is 1.50. The van der Waals surface area contributed by atoms with Crippen molar-refractivity contribution in [2.45, 2.75) is 0 Å². The zero-order chi connectivity index (χ0) is 34.4. The van der Waals surface area contributed by atoms with Gasteiger partial charge in [-0.3, -0.25) is 0 Å². The van der Waals surface area contributed by atoms with E-state index in [9.17, 15) is 0 Å². The van der Waals surface area contributed by atoms with Crippen LogP contribution >= 0.6 is 0 Å². The zero-order valence-corrected chi connectivity index (χ0v) is 28.6. The van der Waals surface area contributed by atoms with E-state index in [1.807, 2.05) is 0 Å². The van der Waals surface area contributed by atoms with E-state index in [4.69, 9.17) is 0 Å². The van der Waals surface area contributed by atoms with Gasteiger partial charge in [-0.05, 0) is 124 Å². The molecule has 0 N–H and O–H groups in total. The van der Waals surface area contributed by atoms with Gasteiger partial charge in [0.15, 0.2) is 0 Å². The van der Waals surface area contributed by atoms with E-state index in [2.05, 4.69) is 206 Å². The first kappa shape index (κ1) is 30.1. The van der Waals surface area contributed by atoms with Crippen molar-refractivity contribution < 1.29 is 0 Å². The number of fused-ring (bicyclic) bond motifs is 5. The van der Waals surface area contributed by atoms with Crippen molar-refractivity contribution >= 4 is 22.3 Å². The van der Waals surface area contributed by atoms with Gasteiger partial charge in [0.05, 0.1) is 0 Å². The Kier molecular flexibility index (Phi) is 7.25. The Morgan fingerprint density at radius 3 is 0.577 bits per heavy atom. The summed E-state index contributed by atoms with van der Waals surface area (Å²) in [6.45, 7) is 0. The lowest BCUT2D eigenvalue weighted by atomic mass is 9.85. The average Bonchev–Trinajstić information content (AvgIpc) is 3.73. The normalized spacial score (nSPS) is 12.8. The van der Waals surface area contributed by atoms with Crippen LogP contribution in [0.3, 0.4) is 0 Å². The topological polar surface area (TPSA) is 0 Å². The van der Waals surface area contributed by atoms with E-state index in [0.29, 0.717) is 0 Å². The van der Waals surface area contributed by atoms with E-state index in [1.165, 1.54) is 100 Å². The highest BCUT2D eigenvalue weighted by Crippen LogP contribution is 2.61. The highest BCUT2D eigenvalue weighted by molar-refractivity contribution is 6.36. The second kappa shape index (κ2) is 12.5. The minimum Gasteiger partial charge on any atom is -0.0622 e. The standard InChI is InChI=1S/C52H34/c1-7-19-35(20-8-1)41-31-45-47(33-43(41)37-23-11-3-12-24-37)51-50(40-29-17-6-18-30-40)46-32-42(36-21-9-2-10-22-36)44(38-25-13-4-14-26-38)34-48(46)52(51)49(45)39-27-15-5-16-28-39/h1-34H. The zero-order valence-electron chi connectivity index (χ0n) is 28.6. The largest absolute Gasteiger partial charge is 0.0622 e. The van der Waals surface area contributed by atoms with Gasteiger partial charge in [0.25, 0.3) is 0 Å². The molecular weight excluding hydrogens is 625 g/mol. The Labute approximate surface area is 305 Å². The molecule has 0 heteroatoms. The van der Waals surface area contributed by atoms with Crippen LogP contribution in [0.25, 0.3) is 66.8 Å². The van der Waals surface area contributed by atoms with Crippen molar-refractivity contribution in [1.29, 1.82) is 0 Å². The minimum absolute atomic E-state index is 1.22. The maximum Gasteiger partial charge on any atom is -0.000740 e. The van der Waals surface area contributed by atoms with Crippen LogP contribution in [0.2, 0.25) is 0 Å². The van der Waals surface area contributed by atoms with Crippen LogP contribution in [0.5, 0.6) is 0 Å². The second-order valence-corrected chi connectivity index (χ2v) is 13.6. The predicted octanol–water partition coefficient (Wildman–Crippen LogP) is 13.6. The third-order valence-electron chi connectivity index (χ3n) is 10.6. The first-order valence-electron chi connectivity index (χ1n) is 18.0. The molecule has 0 saturated carbocycles. The SMILES string of the molecule is c1ccc(C2=C3C(=C(c4ccccc4)c4cc(-c5ccccc5)c(-c5ccccc5)cc43)c3cc(-c4ccccc4)c(-c4ccccc4)cc32)cc1. The molecule has 2 aliphatic rings. The molecule has 0 unspecified atom stereocenters. The van der Waals surface area contributed by atoms with E-state index in [0.717, 1.165) is 0 Å². The average molecular weight is 659 g/mol. The smallest absolute Gasteiger partial charge is 0.000740 e. The fourth-order valence-electron chi connectivity index (χ4n) is 8.32. The molecule has 0 amide bonds. The van der Waals surface area contributed by atoms with E-state index in [1.54, 1.807) is 0 Å². The Morgan fingerprint density at radius 2 is 0.346 bits per heavy atom. The summed E-state index contributed by atoms with van der Waals surface area (Å²) >= 11 is 0. The summed E-state index contributed by atoms with van der Waals surface area (Å²) in [6.07, 6.45) is 0. The van der Waals surface area contributed by atoms with E-state index >= 15 is 0 Å². The van der Waals surface area contributed by atoms with Gasteiger partial charge in [0.1, 0.15) is 0 Å². The molecule has 8 aromatic rings. The van der Waals surface area contributed by atoms with Crippen molar-refractivity contribution in [3.8, 4) is 44.5 Å². The first-order chi connectivity index (χ1) is 25.8. The maximum atomic E-state index is 2.48. The lowest BCUT2D eigenvalue weighted by Gasteiger charge is -2.18. The van der Waals surface area contributed by atoms with Crippen LogP contribution in [0.4, 0.5) is 0 Å². The van der Waals surface area contributed by atoms with Gasteiger partial charge in [0.2, 0.25) is 0 Å². The Morgan fingerprint density at radius 1 is 0.154 bits per heavy atom. The number of benzene rings is 8. The van der Waals surface area contributed by atoms with Crippen LogP contribution < -0.4 is 0 Å². The van der Waals surface area contributed by atoms with Crippen LogP contribution in [0.1, 0.15) is 33.4 Å². The van der Waals surface area contributed by atoms with E-state index in [-0.39, 0.29) is 0 Å². The molecule has 0 heterocycles. The van der Waals surface area contributed by atoms with Crippen LogP contribution in [0, 0.1) is 0 Å². The first-order valence-corrected chi connectivity index (χ1v) is 18.0. The summed E-state index contributed by atoms with van der Waals surface area (Å²) < 4.78 is 0. The molecule has 0 spiro atoms. The molecule has 52 heavy (non-hydrogen) atoms. The van der Waals surface area contributed by atoms with Gasteiger partial charge in [-0.1, -0.05) is 182 Å². The van der Waals surface area contributed by atoms with Crippen molar-refractivity contribution in [3.63, 3.8) is 0 Å². The molecule has 0 radical (unpaired) electrons. The van der Waals surface area contributed by atoms with Gasteiger partial charge in [-0.25, -0.2) is 0 Å². The maximum absolute atomic E-state index is 2.48. The van der Waals surface area contributed by atoms with Gasteiger partial charge in [-0.2, -0.15) is 0 Å². The lowest BCUT2D eigenvalue weighted by Crippen LogP contribution is -1.97. The molecule has 0 bridgehead atoms. The molecule has 8 aromatic carbocycles. The van der Waals surface area contributed by atoms with Gasteiger partial charge >= 0.3 is 0 Å². The molecule has 0 saturated heterocycles. The molecule has 242 valence electrons. The molecule has 0 nitrogen and oxygen atoms in total. The van der Waals surface area contributed by atoms with Gasteiger partial charge in [0, 0.05) is 0 Å². The Balaban J connectivity index is 1.36. The summed E-state index contributed by atoms with van der Waals surface area (Å²) in [5.74, 6) is 0. The Hall–Kier alpha value is -6.76. The molecule has 0 atom stereocenters. The molecule has 2 aliphatic carbocycles. The molecule has 0 aromatic heterocycles. The predicted molar refractivity (Wildman–Crippen MR) is 219 cm³/mol. The summed E-state index contributed by atoms with van der Waals surface area (Å²) in [6, 6.07) is 75.4. The van der Waals surface area contributed by atoms with Gasteiger partial charge < -0.3 is 0 Å². The fraction of sp³-hybridized carbons (Fsp3) is 0. The van der Waals surface area contributed by atoms with Crippen molar-refractivity contribution in [2.24, 2.45) is 0 Å². The monoisotopic (exact) mass is 658 g/mol. The molecular formula is C52H34. The quantitative estimate of drug-likeness (QED) is 0.167. The number of hydrogen-bond donors (Lipinski definition) is 0.